The number of aromatic hydroxyl groups is 1. The number of benzene rings is 1. The summed E-state index contributed by atoms with van der Waals surface area (Å²) in [5.74, 6) is 0.0225. The van der Waals surface area contributed by atoms with Gasteiger partial charge in [-0.2, -0.15) is 0 Å². The summed E-state index contributed by atoms with van der Waals surface area (Å²) in [6, 6.07) is 7.15. The molecule has 258 valence electrons. The second-order valence-electron chi connectivity index (χ2n) is 15.6. The van der Waals surface area contributed by atoms with E-state index in [1.165, 1.54) is 0 Å². The van der Waals surface area contributed by atoms with Gasteiger partial charge in [0.1, 0.15) is 18.5 Å². The largest absolute Gasteiger partial charge is 0.508 e. The van der Waals surface area contributed by atoms with Crippen molar-refractivity contribution in [1.82, 2.24) is 0 Å². The predicted octanol–water partition coefficient (Wildman–Crippen LogP) is 3.60. The van der Waals surface area contributed by atoms with E-state index in [0.717, 1.165) is 30.4 Å². The number of carbonyl (C=O) groups excluding carboxylic acids is 1. The van der Waals surface area contributed by atoms with Gasteiger partial charge >= 0.3 is 5.97 Å². The molecule has 4 aliphatic carbocycles. The fraction of sp³-hybridized carbons (Fsp3) is 0.730. The number of phenols is 1. The van der Waals surface area contributed by atoms with Crippen molar-refractivity contribution in [2.24, 2.45) is 33.6 Å². The number of rotatable bonds is 7. The Morgan fingerprint density at radius 3 is 2.51 bits per heavy atom. The van der Waals surface area contributed by atoms with Crippen LogP contribution < -0.4 is 0 Å². The third kappa shape index (κ3) is 5.47. The van der Waals surface area contributed by atoms with Crippen LogP contribution in [0.1, 0.15) is 83.6 Å². The zero-order valence-electron chi connectivity index (χ0n) is 27.6. The third-order valence-electron chi connectivity index (χ3n) is 13.4. The lowest BCUT2D eigenvalue weighted by molar-refractivity contribution is -0.282. The van der Waals surface area contributed by atoms with Crippen LogP contribution in [0.2, 0.25) is 0 Å². The Labute approximate surface area is 276 Å². The Hall–Kier alpha value is -2.34. The van der Waals surface area contributed by atoms with Gasteiger partial charge in [-0.1, -0.05) is 19.1 Å². The number of aliphatic hydroxyl groups excluding tert-OH is 2. The molecule has 47 heavy (non-hydrogen) atoms. The van der Waals surface area contributed by atoms with E-state index in [9.17, 15) is 30.3 Å². The van der Waals surface area contributed by atoms with Crippen LogP contribution in [0.4, 0.5) is 0 Å². The summed E-state index contributed by atoms with van der Waals surface area (Å²) in [6.45, 7) is 4.77. The molecular weight excluding hydrogens is 602 g/mol. The fourth-order valence-electron chi connectivity index (χ4n) is 10.9. The number of aliphatic imine (C=N–C) groups is 1. The molecule has 10 heteroatoms. The molecule has 0 aromatic heterocycles. The number of cyclic esters (lactones) is 1. The van der Waals surface area contributed by atoms with Crippen molar-refractivity contribution < 1.29 is 44.5 Å². The van der Waals surface area contributed by atoms with E-state index in [2.05, 4.69) is 6.92 Å². The molecule has 10 nitrogen and oxygen atoms in total. The van der Waals surface area contributed by atoms with Gasteiger partial charge in [0.15, 0.2) is 6.29 Å². The Morgan fingerprint density at radius 2 is 1.79 bits per heavy atom. The minimum absolute atomic E-state index is 0.0228. The van der Waals surface area contributed by atoms with Crippen molar-refractivity contribution in [3.63, 3.8) is 0 Å². The van der Waals surface area contributed by atoms with Crippen molar-refractivity contribution in [1.29, 1.82) is 0 Å². The van der Waals surface area contributed by atoms with Gasteiger partial charge in [-0.05, 0) is 106 Å². The first-order valence-electron chi connectivity index (χ1n) is 17.7. The molecule has 6 aliphatic rings. The summed E-state index contributed by atoms with van der Waals surface area (Å²) in [5.41, 5.74) is -1.00. The van der Waals surface area contributed by atoms with Crippen molar-refractivity contribution in [2.45, 2.75) is 126 Å². The summed E-state index contributed by atoms with van der Waals surface area (Å²) in [6.07, 6.45) is 7.18. The molecule has 5 N–H and O–H groups in total. The smallest absolute Gasteiger partial charge is 0.331 e. The van der Waals surface area contributed by atoms with E-state index in [1.807, 2.05) is 18.3 Å². The quantitative estimate of drug-likeness (QED) is 0.168. The predicted molar refractivity (Wildman–Crippen MR) is 173 cm³/mol. The zero-order chi connectivity index (χ0) is 33.2. The van der Waals surface area contributed by atoms with Gasteiger partial charge in [0, 0.05) is 42.5 Å². The van der Waals surface area contributed by atoms with Crippen molar-refractivity contribution >= 4 is 12.2 Å². The molecular formula is C37H51NO9. The summed E-state index contributed by atoms with van der Waals surface area (Å²) in [7, 11) is 0. The third-order valence-corrected chi connectivity index (χ3v) is 13.4. The number of hydrogen-bond acceptors (Lipinski definition) is 10. The van der Waals surface area contributed by atoms with Gasteiger partial charge in [0.2, 0.25) is 0 Å². The van der Waals surface area contributed by atoms with E-state index in [4.69, 9.17) is 19.2 Å². The normalized spacial score (nSPS) is 46.4. The number of hydrogen-bond donors (Lipinski definition) is 5. The number of aliphatic hydroxyl groups is 4. The van der Waals surface area contributed by atoms with Gasteiger partial charge in [0.05, 0.1) is 29.5 Å². The number of esters is 1. The number of fused-ring (bicyclic) bond motifs is 5. The lowest BCUT2D eigenvalue weighted by Crippen LogP contribution is -2.69. The summed E-state index contributed by atoms with van der Waals surface area (Å²) >= 11 is 0. The molecule has 0 unspecified atom stereocenters. The molecule has 2 aliphatic heterocycles. The molecule has 0 bridgehead atoms. The van der Waals surface area contributed by atoms with Crippen molar-refractivity contribution in [2.75, 3.05) is 13.2 Å². The maximum atomic E-state index is 12.7. The highest BCUT2D eigenvalue weighted by atomic mass is 16.7. The van der Waals surface area contributed by atoms with Gasteiger partial charge in [-0.15, -0.1) is 0 Å². The number of nitrogens with zero attached hydrogens (tertiary/aromatic N) is 1. The van der Waals surface area contributed by atoms with Crippen LogP contribution in [0.3, 0.4) is 0 Å². The summed E-state index contributed by atoms with van der Waals surface area (Å²) < 4.78 is 17.6. The standard InChI is InChI=1S/C37H51NO9/c1-22-33(42)30(40)18-32(46-22)47-26-7-13-35(21-38-16-11-23-3-5-25(39)6-4-23)28-8-12-34(2)27(24-17-31(41)45-20-24)10-15-37(34,44)29(28)9-14-36(35,43)19-26/h3-6,17,21-22,26-30,32-33,39-40,42-44H,7-16,18-20H2,1-2H3/t22-,26+,27+,28+,29+,30+,32-,33-,34-,35+,36-,37-/m0/s1. The highest BCUT2D eigenvalue weighted by Gasteiger charge is 2.71. The van der Waals surface area contributed by atoms with Crippen molar-refractivity contribution in [3.05, 3.63) is 41.5 Å². The van der Waals surface area contributed by atoms with Crippen LogP contribution >= 0.6 is 0 Å². The van der Waals surface area contributed by atoms with Crippen LogP contribution in [-0.4, -0.2) is 92.8 Å². The molecule has 12 atom stereocenters. The van der Waals surface area contributed by atoms with Crippen LogP contribution in [0.15, 0.2) is 40.9 Å². The van der Waals surface area contributed by atoms with E-state index in [0.29, 0.717) is 58.1 Å². The lowest BCUT2D eigenvalue weighted by Gasteiger charge is -2.66. The first-order valence-corrected chi connectivity index (χ1v) is 17.7. The molecule has 1 saturated heterocycles. The molecule has 1 aromatic carbocycles. The molecule has 2 heterocycles. The highest BCUT2D eigenvalue weighted by molar-refractivity contribution is 5.85. The molecule has 0 amide bonds. The minimum atomic E-state index is -1.10. The van der Waals surface area contributed by atoms with Crippen LogP contribution in [0, 0.1) is 28.6 Å². The molecule has 5 fully saturated rings. The van der Waals surface area contributed by atoms with Crippen molar-refractivity contribution in [3.8, 4) is 5.75 Å². The van der Waals surface area contributed by atoms with Crippen LogP contribution in [0.5, 0.6) is 5.75 Å². The van der Waals surface area contributed by atoms with E-state index >= 15 is 0 Å². The Bertz CT molecular complexity index is 1390. The molecule has 1 aromatic rings. The van der Waals surface area contributed by atoms with Gasteiger partial charge in [0.25, 0.3) is 0 Å². The number of phenolic OH excluding ortho intramolecular Hbond substituents is 1. The van der Waals surface area contributed by atoms with E-state index < -0.39 is 41.2 Å². The van der Waals surface area contributed by atoms with Crippen LogP contribution in [0.25, 0.3) is 0 Å². The second kappa shape index (κ2) is 12.2. The summed E-state index contributed by atoms with van der Waals surface area (Å²) in [4.78, 5) is 17.0. The van der Waals surface area contributed by atoms with Gasteiger partial charge in [-0.3, -0.25) is 4.99 Å². The number of ether oxygens (including phenoxy) is 3. The second-order valence-corrected chi connectivity index (χ2v) is 15.6. The molecule has 7 rings (SSSR count). The van der Waals surface area contributed by atoms with E-state index in [1.54, 1.807) is 25.1 Å². The average molecular weight is 654 g/mol. The average Bonchev–Trinajstić information content (AvgIpc) is 3.58. The zero-order valence-corrected chi connectivity index (χ0v) is 27.6. The Kier molecular flexibility index (Phi) is 8.62. The van der Waals surface area contributed by atoms with Crippen LogP contribution in [-0.2, 0) is 25.4 Å². The lowest BCUT2D eigenvalue weighted by atomic mass is 9.41. The molecule has 0 spiro atoms. The topological polar surface area (TPSA) is 158 Å². The SMILES string of the molecule is C[C@@H]1O[C@@H](O[C@@H]2CC[C@@]3(C=NCCc4ccc(O)cc4)[C@@H]4CC[C@@]5(C)[C@@H](C6=CC(=O)OC6)CC[C@]5(O)[C@@H]4CC[C@]3(O)C2)C[C@@H](O)[C@H]1O. The number of carbonyl (C=O) groups is 1. The van der Waals surface area contributed by atoms with Gasteiger partial charge in [-0.25, -0.2) is 4.79 Å². The van der Waals surface area contributed by atoms with Gasteiger partial charge < -0.3 is 39.7 Å². The maximum absolute atomic E-state index is 12.7. The Balaban J connectivity index is 1.15. The van der Waals surface area contributed by atoms with E-state index in [-0.39, 0.29) is 47.4 Å². The first kappa shape index (κ1) is 33.2. The monoisotopic (exact) mass is 653 g/mol. The highest BCUT2D eigenvalue weighted by Crippen LogP contribution is 2.70. The first-order chi connectivity index (χ1) is 22.4. The molecule has 0 radical (unpaired) electrons. The Morgan fingerprint density at radius 1 is 1.02 bits per heavy atom. The molecule has 4 saturated carbocycles. The fourth-order valence-corrected chi connectivity index (χ4v) is 10.9. The maximum Gasteiger partial charge on any atom is 0.331 e. The minimum Gasteiger partial charge on any atom is -0.508 e. The summed E-state index contributed by atoms with van der Waals surface area (Å²) in [5, 5.41) is 55.7.